The van der Waals surface area contributed by atoms with Gasteiger partial charge in [0.2, 0.25) is 0 Å². The Hall–Kier alpha value is -3.91. The van der Waals surface area contributed by atoms with Crippen molar-refractivity contribution < 1.29 is 5.11 Å². The number of anilines is 1. The van der Waals surface area contributed by atoms with E-state index in [1.807, 2.05) is 35.0 Å². The number of aryl methyl sites for hydroxylation is 1. The second-order valence-electron chi connectivity index (χ2n) is 8.30. The number of hydrogen-bond acceptors (Lipinski definition) is 7. The monoisotopic (exact) mass is 423 g/mol. The number of nitrogen functional groups attached to an aromatic ring is 1. The molecule has 6 rings (SSSR count). The van der Waals surface area contributed by atoms with Gasteiger partial charge in [-0.2, -0.15) is 5.10 Å². The highest BCUT2D eigenvalue weighted by atomic mass is 16.3. The average molecular weight is 423 g/mol. The summed E-state index contributed by atoms with van der Waals surface area (Å²) >= 11 is 0. The largest absolute Gasteiger partial charge is 0.393 e. The van der Waals surface area contributed by atoms with Crippen LogP contribution in [0.3, 0.4) is 0 Å². The number of hydrogen-bond donors (Lipinski definition) is 2. The van der Waals surface area contributed by atoms with Gasteiger partial charge in [0.05, 0.1) is 34.4 Å². The number of nitrogens with two attached hydrogens (primary N) is 1. The molecule has 0 aliphatic heterocycles. The Kier molecular flexibility index (Phi) is 4.16. The van der Waals surface area contributed by atoms with Gasteiger partial charge in [-0.25, -0.2) is 19.6 Å². The summed E-state index contributed by atoms with van der Waals surface area (Å²) in [6.45, 7) is 2.08. The van der Waals surface area contributed by atoms with Crippen molar-refractivity contribution in [3.63, 3.8) is 0 Å². The van der Waals surface area contributed by atoms with Crippen molar-refractivity contribution in [1.29, 1.82) is 0 Å². The maximum atomic E-state index is 9.78. The van der Waals surface area contributed by atoms with E-state index in [1.165, 1.54) is 6.33 Å². The fourth-order valence-electron chi connectivity index (χ4n) is 4.41. The molecule has 3 N–H and O–H groups in total. The van der Waals surface area contributed by atoms with Crippen molar-refractivity contribution in [1.82, 2.24) is 29.7 Å². The highest BCUT2D eigenvalue weighted by Crippen LogP contribution is 2.38. The molecule has 1 aromatic carbocycles. The van der Waals surface area contributed by atoms with Gasteiger partial charge in [-0.15, -0.1) is 0 Å². The van der Waals surface area contributed by atoms with Crippen molar-refractivity contribution in [3.8, 4) is 22.6 Å². The van der Waals surface area contributed by atoms with E-state index < -0.39 is 0 Å². The minimum Gasteiger partial charge on any atom is -0.393 e. The minimum absolute atomic E-state index is 0.104. The number of pyridine rings is 2. The van der Waals surface area contributed by atoms with Crippen LogP contribution in [-0.2, 0) is 0 Å². The van der Waals surface area contributed by atoms with Crippen LogP contribution in [-0.4, -0.2) is 40.9 Å². The molecule has 5 aromatic rings. The molecular weight excluding hydrogens is 402 g/mol. The SMILES string of the molecule is Cc1cc(-c2ccccn2)nc2cc(-c3nn(C4CC(O)C4)c4ncnc(N)c34)ccc12. The molecule has 0 spiro atoms. The van der Waals surface area contributed by atoms with Gasteiger partial charge in [-0.05, 0) is 49.6 Å². The maximum absolute atomic E-state index is 9.78. The van der Waals surface area contributed by atoms with Crippen molar-refractivity contribution in [2.24, 2.45) is 0 Å². The van der Waals surface area contributed by atoms with Crippen molar-refractivity contribution >= 4 is 27.8 Å². The summed E-state index contributed by atoms with van der Waals surface area (Å²) in [6, 6.07) is 14.1. The summed E-state index contributed by atoms with van der Waals surface area (Å²) < 4.78 is 1.88. The zero-order valence-corrected chi connectivity index (χ0v) is 17.5. The van der Waals surface area contributed by atoms with E-state index in [4.69, 9.17) is 15.8 Å². The Morgan fingerprint density at radius 3 is 2.69 bits per heavy atom. The predicted molar refractivity (Wildman–Crippen MR) is 123 cm³/mol. The number of benzene rings is 1. The normalized spacial score (nSPS) is 18.2. The summed E-state index contributed by atoms with van der Waals surface area (Å²) in [5.41, 5.74) is 12.2. The van der Waals surface area contributed by atoms with Crippen LogP contribution in [0.2, 0.25) is 0 Å². The summed E-state index contributed by atoms with van der Waals surface area (Å²) in [5.74, 6) is 0.391. The molecule has 1 aliphatic carbocycles. The van der Waals surface area contributed by atoms with Crippen LogP contribution in [0.25, 0.3) is 44.6 Å². The molecular formula is C24H21N7O. The second-order valence-corrected chi connectivity index (χ2v) is 8.30. The minimum atomic E-state index is -0.292. The zero-order chi connectivity index (χ0) is 21.8. The molecule has 158 valence electrons. The molecule has 1 fully saturated rings. The van der Waals surface area contributed by atoms with Crippen LogP contribution >= 0.6 is 0 Å². The molecule has 8 heteroatoms. The Balaban J connectivity index is 1.54. The summed E-state index contributed by atoms with van der Waals surface area (Å²) in [6.07, 6.45) is 4.25. The lowest BCUT2D eigenvalue weighted by Crippen LogP contribution is -2.31. The topological polar surface area (TPSA) is 116 Å². The second kappa shape index (κ2) is 7.06. The lowest BCUT2D eigenvalue weighted by molar-refractivity contribution is 0.0452. The molecule has 0 radical (unpaired) electrons. The molecule has 4 heterocycles. The predicted octanol–water partition coefficient (Wildman–Crippen LogP) is 3.69. The molecule has 0 saturated heterocycles. The van der Waals surface area contributed by atoms with Crippen LogP contribution in [0.4, 0.5) is 5.82 Å². The third-order valence-corrected chi connectivity index (χ3v) is 6.17. The van der Waals surface area contributed by atoms with Crippen LogP contribution in [0.15, 0.2) is 55.0 Å². The first-order valence-corrected chi connectivity index (χ1v) is 10.6. The van der Waals surface area contributed by atoms with Crippen LogP contribution in [0.5, 0.6) is 0 Å². The van der Waals surface area contributed by atoms with Gasteiger partial charge in [-0.1, -0.05) is 18.2 Å². The lowest BCUT2D eigenvalue weighted by Gasteiger charge is -2.31. The fraction of sp³-hybridized carbons (Fsp3) is 0.208. The van der Waals surface area contributed by atoms with E-state index in [0.717, 1.165) is 44.5 Å². The fourth-order valence-corrected chi connectivity index (χ4v) is 4.41. The molecule has 0 amide bonds. The van der Waals surface area contributed by atoms with Gasteiger partial charge in [0.15, 0.2) is 5.65 Å². The number of fused-ring (bicyclic) bond motifs is 2. The first-order valence-electron chi connectivity index (χ1n) is 10.6. The van der Waals surface area contributed by atoms with E-state index in [2.05, 4.69) is 34.0 Å². The molecule has 32 heavy (non-hydrogen) atoms. The molecule has 1 saturated carbocycles. The number of aliphatic hydroxyl groups is 1. The van der Waals surface area contributed by atoms with Gasteiger partial charge in [0.25, 0.3) is 0 Å². The van der Waals surface area contributed by atoms with E-state index >= 15 is 0 Å². The molecule has 0 bridgehead atoms. The first kappa shape index (κ1) is 18.8. The smallest absolute Gasteiger partial charge is 0.164 e. The van der Waals surface area contributed by atoms with Crippen LogP contribution in [0, 0.1) is 6.92 Å². The molecule has 4 aromatic heterocycles. The van der Waals surface area contributed by atoms with Gasteiger partial charge in [0.1, 0.15) is 17.8 Å². The van der Waals surface area contributed by atoms with Gasteiger partial charge < -0.3 is 10.8 Å². The van der Waals surface area contributed by atoms with E-state index in [0.29, 0.717) is 24.3 Å². The highest BCUT2D eigenvalue weighted by molar-refractivity contribution is 6.00. The number of aliphatic hydroxyl groups excluding tert-OH is 1. The molecule has 1 aliphatic rings. The van der Waals surface area contributed by atoms with Crippen LogP contribution in [0.1, 0.15) is 24.4 Å². The summed E-state index contributed by atoms with van der Waals surface area (Å²) in [7, 11) is 0. The quantitative estimate of drug-likeness (QED) is 0.455. The molecule has 0 atom stereocenters. The Morgan fingerprint density at radius 2 is 1.91 bits per heavy atom. The van der Waals surface area contributed by atoms with Crippen molar-refractivity contribution in [2.45, 2.75) is 31.9 Å². The Labute approximate surface area is 183 Å². The third-order valence-electron chi connectivity index (χ3n) is 6.17. The molecule has 8 nitrogen and oxygen atoms in total. The van der Waals surface area contributed by atoms with Crippen molar-refractivity contribution in [2.75, 3.05) is 5.73 Å². The Bertz CT molecular complexity index is 1470. The maximum Gasteiger partial charge on any atom is 0.164 e. The number of aromatic nitrogens is 6. The van der Waals surface area contributed by atoms with Crippen LogP contribution < -0.4 is 5.73 Å². The summed E-state index contributed by atoms with van der Waals surface area (Å²) in [5, 5.41) is 16.5. The van der Waals surface area contributed by atoms with Crippen molar-refractivity contribution in [3.05, 3.63) is 60.6 Å². The van der Waals surface area contributed by atoms with Gasteiger partial charge >= 0.3 is 0 Å². The van der Waals surface area contributed by atoms with E-state index in [9.17, 15) is 5.11 Å². The van der Waals surface area contributed by atoms with Gasteiger partial charge in [-0.3, -0.25) is 4.98 Å². The van der Waals surface area contributed by atoms with E-state index in [-0.39, 0.29) is 12.1 Å². The third kappa shape index (κ3) is 2.91. The Morgan fingerprint density at radius 1 is 1.03 bits per heavy atom. The standard InChI is InChI=1S/C24H21N7O/c1-13-8-20(18-4-2-3-7-26-18)29-19-9-14(5-6-17(13)19)22-21-23(25)27-12-28-24(21)31(30-22)15-10-16(32)11-15/h2-9,12,15-16,32H,10-11H2,1H3,(H2,25,27,28). The average Bonchev–Trinajstić information content (AvgIpc) is 3.18. The number of rotatable bonds is 3. The highest BCUT2D eigenvalue weighted by Gasteiger charge is 2.32. The summed E-state index contributed by atoms with van der Waals surface area (Å²) in [4.78, 5) is 18.0. The number of nitrogens with zero attached hydrogens (tertiary/aromatic N) is 6. The molecule has 0 unspecified atom stereocenters. The van der Waals surface area contributed by atoms with E-state index in [1.54, 1.807) is 6.20 Å². The zero-order valence-electron chi connectivity index (χ0n) is 17.5. The lowest BCUT2D eigenvalue weighted by atomic mass is 9.90. The first-order chi connectivity index (χ1) is 15.6. The van der Waals surface area contributed by atoms with Gasteiger partial charge in [0, 0.05) is 17.1 Å².